The lowest BCUT2D eigenvalue weighted by Crippen LogP contribution is -1.99. The lowest BCUT2D eigenvalue weighted by Gasteiger charge is -2.10. The van der Waals surface area contributed by atoms with E-state index in [1.165, 1.54) is 0 Å². The van der Waals surface area contributed by atoms with Gasteiger partial charge in [-0.1, -0.05) is 0 Å². The fourth-order valence-corrected chi connectivity index (χ4v) is 1.92. The van der Waals surface area contributed by atoms with Gasteiger partial charge in [0.2, 0.25) is 0 Å². The highest BCUT2D eigenvalue weighted by Gasteiger charge is 2.06. The Kier molecular flexibility index (Phi) is 4.15. The van der Waals surface area contributed by atoms with Crippen molar-refractivity contribution >= 4 is 21.6 Å². The van der Waals surface area contributed by atoms with E-state index in [-0.39, 0.29) is 0 Å². The van der Waals surface area contributed by atoms with E-state index in [0.717, 1.165) is 15.9 Å². The fourth-order valence-electron chi connectivity index (χ4n) is 1.58. The predicted octanol–water partition coefficient (Wildman–Crippen LogP) is 3.67. The molecular formula is C13H14BrNO3. The fraction of sp³-hybridized carbons (Fsp3) is 0.231. The molecule has 96 valence electrons. The maximum atomic E-state index is 5.32. The van der Waals surface area contributed by atoms with E-state index in [0.29, 0.717) is 18.0 Å². The maximum absolute atomic E-state index is 5.32. The lowest BCUT2D eigenvalue weighted by molar-refractivity contribution is 0.355. The first-order valence-electron chi connectivity index (χ1n) is 5.42. The van der Waals surface area contributed by atoms with Crippen molar-refractivity contribution in [2.45, 2.75) is 6.54 Å². The van der Waals surface area contributed by atoms with Crippen molar-refractivity contribution in [3.05, 3.63) is 40.8 Å². The maximum Gasteiger partial charge on any atom is 0.162 e. The molecule has 0 saturated heterocycles. The Morgan fingerprint density at radius 3 is 2.56 bits per heavy atom. The number of anilines is 1. The molecule has 2 rings (SSSR count). The largest absolute Gasteiger partial charge is 0.493 e. The van der Waals surface area contributed by atoms with Gasteiger partial charge in [-0.15, -0.1) is 0 Å². The molecule has 18 heavy (non-hydrogen) atoms. The topological polar surface area (TPSA) is 43.6 Å². The minimum Gasteiger partial charge on any atom is -0.493 e. The number of rotatable bonds is 5. The standard InChI is InChI=1S/C13H14BrNO3/c1-16-11-4-3-9(7-12(11)17-2)15-8-13-10(14)5-6-18-13/h3-7,15H,8H2,1-2H3. The Morgan fingerprint density at radius 1 is 1.17 bits per heavy atom. The van der Waals surface area contributed by atoms with Gasteiger partial charge in [0.05, 0.1) is 31.5 Å². The van der Waals surface area contributed by atoms with Gasteiger partial charge in [-0.05, 0) is 34.1 Å². The van der Waals surface area contributed by atoms with E-state index in [2.05, 4.69) is 21.2 Å². The zero-order valence-corrected chi connectivity index (χ0v) is 11.8. The summed E-state index contributed by atoms with van der Waals surface area (Å²) in [6.07, 6.45) is 1.65. The van der Waals surface area contributed by atoms with Gasteiger partial charge in [0.1, 0.15) is 5.76 Å². The summed E-state index contributed by atoms with van der Waals surface area (Å²) in [4.78, 5) is 0. The van der Waals surface area contributed by atoms with Crippen molar-refractivity contribution in [3.8, 4) is 11.5 Å². The molecule has 1 aromatic heterocycles. The van der Waals surface area contributed by atoms with Crippen LogP contribution in [0.15, 0.2) is 39.4 Å². The van der Waals surface area contributed by atoms with Gasteiger partial charge in [0, 0.05) is 11.8 Å². The van der Waals surface area contributed by atoms with Gasteiger partial charge < -0.3 is 19.2 Å². The average molecular weight is 312 g/mol. The summed E-state index contributed by atoms with van der Waals surface area (Å²) in [5.74, 6) is 2.26. The number of hydrogen-bond acceptors (Lipinski definition) is 4. The summed E-state index contributed by atoms with van der Waals surface area (Å²) < 4.78 is 16.7. The summed E-state index contributed by atoms with van der Waals surface area (Å²) in [5, 5.41) is 3.25. The van der Waals surface area contributed by atoms with Crippen LogP contribution >= 0.6 is 15.9 Å². The molecule has 0 amide bonds. The highest BCUT2D eigenvalue weighted by molar-refractivity contribution is 9.10. The third-order valence-electron chi connectivity index (χ3n) is 2.53. The predicted molar refractivity (Wildman–Crippen MR) is 73.3 cm³/mol. The van der Waals surface area contributed by atoms with Crippen LogP contribution in [0.2, 0.25) is 0 Å². The third-order valence-corrected chi connectivity index (χ3v) is 3.23. The van der Waals surface area contributed by atoms with Gasteiger partial charge in [-0.3, -0.25) is 0 Å². The van der Waals surface area contributed by atoms with Crippen LogP contribution in [0.4, 0.5) is 5.69 Å². The van der Waals surface area contributed by atoms with Gasteiger partial charge >= 0.3 is 0 Å². The summed E-state index contributed by atoms with van der Waals surface area (Å²) >= 11 is 3.41. The minimum absolute atomic E-state index is 0.600. The van der Waals surface area contributed by atoms with Gasteiger partial charge in [0.25, 0.3) is 0 Å². The number of nitrogens with one attached hydrogen (secondary N) is 1. The number of hydrogen-bond donors (Lipinski definition) is 1. The zero-order valence-electron chi connectivity index (χ0n) is 10.2. The molecule has 0 aliphatic rings. The monoisotopic (exact) mass is 311 g/mol. The van der Waals surface area contributed by atoms with Crippen molar-refractivity contribution in [2.24, 2.45) is 0 Å². The molecule has 1 heterocycles. The second kappa shape index (κ2) is 5.82. The van der Waals surface area contributed by atoms with Gasteiger partial charge in [-0.25, -0.2) is 0 Å². The van der Waals surface area contributed by atoms with Crippen molar-refractivity contribution in [1.82, 2.24) is 0 Å². The van der Waals surface area contributed by atoms with Gasteiger partial charge in [-0.2, -0.15) is 0 Å². The summed E-state index contributed by atoms with van der Waals surface area (Å²) in [6, 6.07) is 7.54. The van der Waals surface area contributed by atoms with E-state index < -0.39 is 0 Å². The third kappa shape index (κ3) is 2.79. The zero-order chi connectivity index (χ0) is 13.0. The number of halogens is 1. The first kappa shape index (κ1) is 12.8. The van der Waals surface area contributed by atoms with E-state index in [1.54, 1.807) is 20.5 Å². The van der Waals surface area contributed by atoms with Crippen LogP contribution in [0.1, 0.15) is 5.76 Å². The Morgan fingerprint density at radius 2 is 1.94 bits per heavy atom. The molecule has 0 aliphatic carbocycles. The molecule has 1 aromatic carbocycles. The number of benzene rings is 1. The quantitative estimate of drug-likeness (QED) is 0.915. The molecule has 0 atom stereocenters. The Balaban J connectivity index is 2.08. The number of ether oxygens (including phenoxy) is 2. The Labute approximate surface area is 114 Å². The van der Waals surface area contributed by atoms with Crippen molar-refractivity contribution in [1.29, 1.82) is 0 Å². The first-order chi connectivity index (χ1) is 8.74. The Hall–Kier alpha value is -1.62. The van der Waals surface area contributed by atoms with E-state index >= 15 is 0 Å². The number of methoxy groups -OCH3 is 2. The summed E-state index contributed by atoms with van der Waals surface area (Å²) in [7, 11) is 3.23. The smallest absolute Gasteiger partial charge is 0.162 e. The average Bonchev–Trinajstić information content (AvgIpc) is 2.81. The van der Waals surface area contributed by atoms with Crippen molar-refractivity contribution < 1.29 is 13.9 Å². The normalized spacial score (nSPS) is 10.2. The molecule has 2 aromatic rings. The van der Waals surface area contributed by atoms with Gasteiger partial charge in [0.15, 0.2) is 11.5 Å². The van der Waals surface area contributed by atoms with Crippen molar-refractivity contribution in [2.75, 3.05) is 19.5 Å². The van der Waals surface area contributed by atoms with Crippen molar-refractivity contribution in [3.63, 3.8) is 0 Å². The lowest BCUT2D eigenvalue weighted by atomic mass is 10.2. The molecule has 0 fully saturated rings. The van der Waals surface area contributed by atoms with Crippen LogP contribution in [0, 0.1) is 0 Å². The van der Waals surface area contributed by atoms with Crippen LogP contribution in [-0.2, 0) is 6.54 Å². The molecular weight excluding hydrogens is 298 g/mol. The van der Waals surface area contributed by atoms with Crippen LogP contribution in [0.5, 0.6) is 11.5 Å². The van der Waals surface area contributed by atoms with Crippen LogP contribution < -0.4 is 14.8 Å². The second-order valence-electron chi connectivity index (χ2n) is 3.62. The Bertz CT molecular complexity index is 525. The number of furan rings is 1. The SMILES string of the molecule is COc1ccc(NCc2occc2Br)cc1OC. The van der Waals surface area contributed by atoms with Crippen LogP contribution in [-0.4, -0.2) is 14.2 Å². The highest BCUT2D eigenvalue weighted by Crippen LogP contribution is 2.30. The van der Waals surface area contributed by atoms with E-state index in [9.17, 15) is 0 Å². The molecule has 0 bridgehead atoms. The molecule has 4 nitrogen and oxygen atoms in total. The first-order valence-corrected chi connectivity index (χ1v) is 6.21. The van der Waals surface area contributed by atoms with E-state index in [1.807, 2.05) is 24.3 Å². The molecule has 0 aliphatic heterocycles. The molecule has 0 saturated carbocycles. The highest BCUT2D eigenvalue weighted by atomic mass is 79.9. The second-order valence-corrected chi connectivity index (χ2v) is 4.47. The molecule has 0 radical (unpaired) electrons. The summed E-state index contributed by atoms with van der Waals surface area (Å²) in [6.45, 7) is 0.600. The molecule has 5 heteroatoms. The van der Waals surface area contributed by atoms with E-state index in [4.69, 9.17) is 13.9 Å². The molecule has 0 spiro atoms. The minimum atomic E-state index is 0.600. The molecule has 0 unspecified atom stereocenters. The van der Waals surface area contributed by atoms with Crippen LogP contribution in [0.25, 0.3) is 0 Å². The van der Waals surface area contributed by atoms with Crippen LogP contribution in [0.3, 0.4) is 0 Å². The molecule has 1 N–H and O–H groups in total. The summed E-state index contributed by atoms with van der Waals surface area (Å²) in [5.41, 5.74) is 0.941.